The van der Waals surface area contributed by atoms with Crippen molar-refractivity contribution in [2.45, 2.75) is 12.5 Å². The van der Waals surface area contributed by atoms with E-state index in [1.807, 2.05) is 11.4 Å². The molecular weight excluding hydrogens is 298 g/mol. The number of carbonyl (C=O) groups is 1. The topological polar surface area (TPSA) is 76.4 Å². The Bertz CT molecular complexity index is 715. The molecule has 1 fully saturated rings. The first kappa shape index (κ1) is 13.4. The molecule has 2 aromatic rings. The number of sulfone groups is 1. The van der Waals surface area contributed by atoms with Crippen LogP contribution in [0.2, 0.25) is 0 Å². The highest BCUT2D eigenvalue weighted by Gasteiger charge is 2.29. The van der Waals surface area contributed by atoms with Gasteiger partial charge in [-0.05, 0) is 24.6 Å². The summed E-state index contributed by atoms with van der Waals surface area (Å²) >= 11 is 1.32. The summed E-state index contributed by atoms with van der Waals surface area (Å²) < 4.78 is 28.0. The van der Waals surface area contributed by atoms with E-state index in [-0.39, 0.29) is 23.5 Å². The van der Waals surface area contributed by atoms with Gasteiger partial charge in [0.1, 0.15) is 5.76 Å². The fourth-order valence-electron chi connectivity index (χ4n) is 2.19. The second kappa shape index (κ2) is 5.06. The lowest BCUT2D eigenvalue weighted by Crippen LogP contribution is -2.35. The van der Waals surface area contributed by atoms with Crippen LogP contribution in [0.15, 0.2) is 34.3 Å². The Kier molecular flexibility index (Phi) is 3.39. The van der Waals surface area contributed by atoms with Gasteiger partial charge in [-0.15, -0.1) is 11.3 Å². The number of furan rings is 1. The monoisotopic (exact) mass is 311 g/mol. The summed E-state index contributed by atoms with van der Waals surface area (Å²) in [4.78, 5) is 12.6. The van der Waals surface area contributed by atoms with Crippen LogP contribution in [0.5, 0.6) is 0 Å². The number of hydrogen-bond acceptors (Lipinski definition) is 5. The third-order valence-corrected chi connectivity index (χ3v) is 5.89. The highest BCUT2D eigenvalue weighted by atomic mass is 32.2. The summed E-state index contributed by atoms with van der Waals surface area (Å²) in [6.07, 6.45) is 2.07. The molecule has 0 saturated carbocycles. The molecule has 0 bridgehead atoms. The summed E-state index contributed by atoms with van der Waals surface area (Å²) in [6, 6.07) is 5.09. The van der Waals surface area contributed by atoms with Gasteiger partial charge in [-0.1, -0.05) is 0 Å². The van der Waals surface area contributed by atoms with Gasteiger partial charge in [0, 0.05) is 17.0 Å². The van der Waals surface area contributed by atoms with Crippen molar-refractivity contribution in [1.29, 1.82) is 0 Å². The number of hydrogen-bond donors (Lipinski definition) is 1. The Labute approximate surface area is 120 Å². The van der Waals surface area contributed by atoms with E-state index in [2.05, 4.69) is 5.32 Å². The van der Waals surface area contributed by atoms with E-state index in [9.17, 15) is 13.2 Å². The molecule has 0 unspecified atom stereocenters. The second-order valence-electron chi connectivity index (χ2n) is 4.75. The number of thiophene rings is 1. The standard InChI is InChI=1S/C13H13NO4S2/c15-13(14-10-3-5-20(16,17)8-10)12-6-9(7-19-12)11-2-1-4-18-11/h1-2,4,6-7,10H,3,5,8H2,(H,14,15)/t10-/m0/s1. The molecule has 2 aromatic heterocycles. The van der Waals surface area contributed by atoms with E-state index >= 15 is 0 Å². The van der Waals surface area contributed by atoms with E-state index in [0.717, 1.165) is 5.56 Å². The minimum Gasteiger partial charge on any atom is -0.464 e. The maximum Gasteiger partial charge on any atom is 0.261 e. The molecule has 3 rings (SSSR count). The molecule has 3 heterocycles. The summed E-state index contributed by atoms with van der Waals surface area (Å²) in [5.74, 6) is 0.675. The lowest BCUT2D eigenvalue weighted by Gasteiger charge is -2.09. The molecule has 5 nitrogen and oxygen atoms in total. The van der Waals surface area contributed by atoms with Gasteiger partial charge in [0.15, 0.2) is 9.84 Å². The van der Waals surface area contributed by atoms with E-state index in [0.29, 0.717) is 17.1 Å². The van der Waals surface area contributed by atoms with Gasteiger partial charge < -0.3 is 9.73 Å². The van der Waals surface area contributed by atoms with Crippen molar-refractivity contribution < 1.29 is 17.6 Å². The Balaban J connectivity index is 1.69. The van der Waals surface area contributed by atoms with Gasteiger partial charge in [-0.2, -0.15) is 0 Å². The summed E-state index contributed by atoms with van der Waals surface area (Å²) in [7, 11) is -2.98. The van der Waals surface area contributed by atoms with Crippen LogP contribution in [0.3, 0.4) is 0 Å². The highest BCUT2D eigenvalue weighted by molar-refractivity contribution is 7.91. The van der Waals surface area contributed by atoms with Crippen molar-refractivity contribution >= 4 is 27.1 Å². The normalized spacial score (nSPS) is 20.9. The zero-order chi connectivity index (χ0) is 14.2. The van der Waals surface area contributed by atoms with Crippen LogP contribution in [-0.2, 0) is 9.84 Å². The third kappa shape index (κ3) is 2.78. The molecule has 1 amide bonds. The number of amides is 1. The van der Waals surface area contributed by atoms with Crippen molar-refractivity contribution in [2.24, 2.45) is 0 Å². The zero-order valence-electron chi connectivity index (χ0n) is 10.5. The van der Waals surface area contributed by atoms with Crippen LogP contribution in [-0.4, -0.2) is 31.9 Å². The number of carbonyl (C=O) groups excluding carboxylic acids is 1. The van der Waals surface area contributed by atoms with E-state index < -0.39 is 9.84 Å². The molecule has 1 aliphatic heterocycles. The minimum absolute atomic E-state index is 0.0369. The summed E-state index contributed by atoms with van der Waals surface area (Å²) in [6.45, 7) is 0. The van der Waals surface area contributed by atoms with Gasteiger partial charge >= 0.3 is 0 Å². The van der Waals surface area contributed by atoms with Crippen LogP contribution in [0.4, 0.5) is 0 Å². The van der Waals surface area contributed by atoms with Crippen LogP contribution >= 0.6 is 11.3 Å². The van der Waals surface area contributed by atoms with Gasteiger partial charge in [-0.3, -0.25) is 4.79 Å². The molecule has 0 spiro atoms. The van der Waals surface area contributed by atoms with E-state index in [1.54, 1.807) is 18.4 Å². The minimum atomic E-state index is -2.98. The molecule has 106 valence electrons. The van der Waals surface area contributed by atoms with Gasteiger partial charge in [0.05, 0.1) is 22.6 Å². The summed E-state index contributed by atoms with van der Waals surface area (Å²) in [5, 5.41) is 4.62. The first-order chi connectivity index (χ1) is 9.53. The number of nitrogens with one attached hydrogen (secondary N) is 1. The molecule has 1 saturated heterocycles. The molecule has 0 radical (unpaired) electrons. The predicted molar refractivity (Wildman–Crippen MR) is 76.5 cm³/mol. The average Bonchev–Trinajstić information content (AvgIpc) is 3.08. The Morgan fingerprint density at radius 2 is 2.30 bits per heavy atom. The van der Waals surface area contributed by atoms with Crippen LogP contribution in [0, 0.1) is 0 Å². The lowest BCUT2D eigenvalue weighted by molar-refractivity contribution is 0.0945. The fourth-order valence-corrected chi connectivity index (χ4v) is 4.67. The number of rotatable bonds is 3. The van der Waals surface area contributed by atoms with E-state index in [4.69, 9.17) is 4.42 Å². The molecule has 1 aliphatic rings. The molecule has 0 aromatic carbocycles. The molecule has 0 aliphatic carbocycles. The van der Waals surface area contributed by atoms with E-state index in [1.165, 1.54) is 11.3 Å². The summed E-state index contributed by atoms with van der Waals surface area (Å²) in [5.41, 5.74) is 0.851. The maximum absolute atomic E-state index is 12.1. The van der Waals surface area contributed by atoms with Crippen molar-refractivity contribution in [3.05, 3.63) is 34.7 Å². The van der Waals surface area contributed by atoms with Gasteiger partial charge in [0.25, 0.3) is 5.91 Å². The molecule has 1 N–H and O–H groups in total. The first-order valence-electron chi connectivity index (χ1n) is 6.17. The van der Waals surface area contributed by atoms with Crippen molar-refractivity contribution in [1.82, 2.24) is 5.32 Å². The Morgan fingerprint density at radius 3 is 2.95 bits per heavy atom. The quantitative estimate of drug-likeness (QED) is 0.939. The Hall–Kier alpha value is -1.60. The largest absolute Gasteiger partial charge is 0.464 e. The van der Waals surface area contributed by atoms with Gasteiger partial charge in [-0.25, -0.2) is 8.42 Å². The fraction of sp³-hybridized carbons (Fsp3) is 0.308. The SMILES string of the molecule is O=C(N[C@H]1CCS(=O)(=O)C1)c1cc(-c2ccco2)cs1. The predicted octanol–water partition coefficient (Wildman–Crippen LogP) is 1.93. The molecule has 20 heavy (non-hydrogen) atoms. The van der Waals surface area contributed by atoms with Crippen LogP contribution < -0.4 is 5.32 Å². The second-order valence-corrected chi connectivity index (χ2v) is 7.89. The molecule has 1 atom stereocenters. The van der Waals surface area contributed by atoms with Gasteiger partial charge in [0.2, 0.25) is 0 Å². The Morgan fingerprint density at radius 1 is 1.45 bits per heavy atom. The lowest BCUT2D eigenvalue weighted by atomic mass is 10.2. The van der Waals surface area contributed by atoms with Crippen molar-refractivity contribution in [3.63, 3.8) is 0 Å². The maximum atomic E-state index is 12.1. The smallest absolute Gasteiger partial charge is 0.261 e. The van der Waals surface area contributed by atoms with Crippen molar-refractivity contribution in [2.75, 3.05) is 11.5 Å². The van der Waals surface area contributed by atoms with Crippen LogP contribution in [0.25, 0.3) is 11.3 Å². The third-order valence-electron chi connectivity index (χ3n) is 3.20. The highest BCUT2D eigenvalue weighted by Crippen LogP contribution is 2.26. The molecular formula is C13H13NO4S2. The van der Waals surface area contributed by atoms with Crippen molar-refractivity contribution in [3.8, 4) is 11.3 Å². The molecule has 7 heteroatoms. The van der Waals surface area contributed by atoms with Crippen LogP contribution in [0.1, 0.15) is 16.1 Å². The first-order valence-corrected chi connectivity index (χ1v) is 8.87. The average molecular weight is 311 g/mol. The zero-order valence-corrected chi connectivity index (χ0v) is 12.2.